The lowest BCUT2D eigenvalue weighted by atomic mass is 9.93. The van der Waals surface area contributed by atoms with E-state index in [0.29, 0.717) is 37.9 Å². The molecular weight excluding hydrogens is 428 g/mol. The molecule has 0 bridgehead atoms. The molecule has 7 nitrogen and oxygen atoms in total. The molecule has 2 aliphatic rings. The second-order valence-electron chi connectivity index (χ2n) is 7.52. The first-order valence-electron chi connectivity index (χ1n) is 10.0. The number of aromatic nitrogens is 1. The maximum Gasteiger partial charge on any atom is 0.271 e. The Hall–Kier alpha value is -3.65. The molecule has 3 aromatic rings. The molecular formula is C24H20N2O5S. The predicted molar refractivity (Wildman–Crippen MR) is 120 cm³/mol. The lowest BCUT2D eigenvalue weighted by Crippen LogP contribution is -2.39. The fourth-order valence-electron chi connectivity index (χ4n) is 4.03. The van der Waals surface area contributed by atoms with Crippen molar-refractivity contribution < 1.29 is 19.0 Å². The number of hydrogen-bond acceptors (Lipinski definition) is 7. The van der Waals surface area contributed by atoms with Crippen molar-refractivity contribution in [1.29, 1.82) is 0 Å². The molecule has 1 aromatic heterocycles. The van der Waals surface area contributed by atoms with E-state index in [1.807, 2.05) is 55.5 Å². The van der Waals surface area contributed by atoms with Gasteiger partial charge < -0.3 is 14.2 Å². The Morgan fingerprint density at radius 3 is 2.66 bits per heavy atom. The zero-order valence-corrected chi connectivity index (χ0v) is 18.6. The normalized spacial score (nSPS) is 17.2. The fraction of sp³-hybridized carbons (Fsp3) is 0.208. The van der Waals surface area contributed by atoms with Gasteiger partial charge in [0, 0.05) is 11.3 Å². The van der Waals surface area contributed by atoms with Crippen LogP contribution in [0.4, 0.5) is 0 Å². The third-order valence-electron chi connectivity index (χ3n) is 5.53. The van der Waals surface area contributed by atoms with Gasteiger partial charge in [-0.1, -0.05) is 29.5 Å². The summed E-state index contributed by atoms with van der Waals surface area (Å²) in [5.41, 5.74) is 2.58. The van der Waals surface area contributed by atoms with E-state index in [1.165, 1.54) is 18.3 Å². The number of allylic oxidation sites excluding steroid dienone is 2. The number of fused-ring (bicyclic) bond motifs is 2. The van der Waals surface area contributed by atoms with Gasteiger partial charge in [0.05, 0.1) is 17.7 Å². The van der Waals surface area contributed by atoms with Crippen molar-refractivity contribution >= 4 is 23.2 Å². The molecule has 8 heteroatoms. The van der Waals surface area contributed by atoms with Crippen LogP contribution in [-0.4, -0.2) is 24.3 Å². The summed E-state index contributed by atoms with van der Waals surface area (Å²) in [6, 6.07) is 12.4. The molecule has 0 spiro atoms. The molecule has 0 fully saturated rings. The first-order valence-corrected chi connectivity index (χ1v) is 10.8. The smallest absolute Gasteiger partial charge is 0.271 e. The molecule has 0 N–H and O–H groups in total. The second kappa shape index (κ2) is 7.80. The predicted octanol–water partition coefficient (Wildman–Crippen LogP) is 2.56. The molecule has 32 heavy (non-hydrogen) atoms. The van der Waals surface area contributed by atoms with Gasteiger partial charge in [-0.15, -0.1) is 0 Å². The van der Waals surface area contributed by atoms with Crippen LogP contribution in [0, 0.1) is 0 Å². The van der Waals surface area contributed by atoms with E-state index in [1.54, 1.807) is 11.7 Å². The number of hydrogen-bond donors (Lipinski definition) is 0. The maximum atomic E-state index is 13.5. The highest BCUT2D eigenvalue weighted by molar-refractivity contribution is 7.07. The number of carbonyl (C=O) groups is 1. The fourth-order valence-corrected chi connectivity index (χ4v) is 5.07. The lowest BCUT2D eigenvalue weighted by Gasteiger charge is -2.24. The number of methoxy groups -OCH3 is 1. The molecule has 0 unspecified atom stereocenters. The Kier molecular flexibility index (Phi) is 4.94. The zero-order valence-electron chi connectivity index (χ0n) is 17.7. The number of nitrogens with zero attached hydrogens (tertiary/aromatic N) is 2. The van der Waals surface area contributed by atoms with Crippen LogP contribution in [0.25, 0.3) is 6.08 Å². The third kappa shape index (κ3) is 3.33. The molecule has 3 heterocycles. The minimum Gasteiger partial charge on any atom is -0.497 e. The summed E-state index contributed by atoms with van der Waals surface area (Å²) >= 11 is 1.30. The summed E-state index contributed by atoms with van der Waals surface area (Å²) in [4.78, 5) is 31.2. The van der Waals surface area contributed by atoms with Crippen molar-refractivity contribution in [3.63, 3.8) is 0 Å². The quantitative estimate of drug-likeness (QED) is 0.613. The summed E-state index contributed by atoms with van der Waals surface area (Å²) in [6.07, 6.45) is 1.81. The van der Waals surface area contributed by atoms with E-state index in [9.17, 15) is 9.59 Å². The molecule has 2 aromatic carbocycles. The SMILES string of the molecule is COc1ccc([C@H]2C(C(C)=O)=C(C)N=c3s/c(=C/c4ccc5c(c4)OCO5)c(=O)n32)cc1. The van der Waals surface area contributed by atoms with Crippen LogP contribution in [0.15, 0.2) is 63.5 Å². The maximum absolute atomic E-state index is 13.5. The van der Waals surface area contributed by atoms with E-state index in [-0.39, 0.29) is 18.1 Å². The molecule has 0 amide bonds. The van der Waals surface area contributed by atoms with E-state index < -0.39 is 6.04 Å². The van der Waals surface area contributed by atoms with Crippen LogP contribution < -0.4 is 29.1 Å². The summed E-state index contributed by atoms with van der Waals surface area (Å²) in [5.74, 6) is 1.92. The minimum atomic E-state index is -0.548. The van der Waals surface area contributed by atoms with Gasteiger partial charge in [-0.3, -0.25) is 14.2 Å². The largest absolute Gasteiger partial charge is 0.497 e. The van der Waals surface area contributed by atoms with Gasteiger partial charge in [0.1, 0.15) is 5.75 Å². The number of Topliss-reactive ketones (excluding diaryl/α,β-unsaturated/α-hetero) is 1. The first-order chi connectivity index (χ1) is 15.5. The minimum absolute atomic E-state index is 0.114. The van der Waals surface area contributed by atoms with Crippen molar-refractivity contribution in [3.05, 3.63) is 84.5 Å². The highest BCUT2D eigenvalue weighted by Gasteiger charge is 2.30. The van der Waals surface area contributed by atoms with Crippen LogP contribution in [0.1, 0.15) is 31.0 Å². The Bertz CT molecular complexity index is 1450. The van der Waals surface area contributed by atoms with E-state index in [0.717, 1.165) is 11.1 Å². The Labute approximate surface area is 187 Å². The van der Waals surface area contributed by atoms with Gasteiger partial charge in [0.2, 0.25) is 6.79 Å². The molecule has 0 saturated heterocycles. The molecule has 0 saturated carbocycles. The van der Waals surface area contributed by atoms with Crippen LogP contribution in [0.5, 0.6) is 17.2 Å². The highest BCUT2D eigenvalue weighted by Crippen LogP contribution is 2.33. The summed E-state index contributed by atoms with van der Waals surface area (Å²) < 4.78 is 18.2. The number of rotatable bonds is 4. The lowest BCUT2D eigenvalue weighted by molar-refractivity contribution is -0.114. The number of benzene rings is 2. The molecule has 1 atom stereocenters. The monoisotopic (exact) mass is 448 g/mol. The van der Waals surface area contributed by atoms with Crippen molar-refractivity contribution in [2.24, 2.45) is 4.99 Å². The first kappa shape index (κ1) is 20.3. The molecule has 0 radical (unpaired) electrons. The Morgan fingerprint density at radius 1 is 1.19 bits per heavy atom. The van der Waals surface area contributed by atoms with Crippen molar-refractivity contribution in [2.75, 3.05) is 13.9 Å². The van der Waals surface area contributed by atoms with E-state index in [2.05, 4.69) is 4.99 Å². The van der Waals surface area contributed by atoms with E-state index >= 15 is 0 Å². The van der Waals surface area contributed by atoms with Gasteiger partial charge in [0.15, 0.2) is 22.1 Å². The standard InChI is InChI=1S/C24H20N2O5S/c1-13-21(14(2)27)22(16-5-7-17(29-3)8-6-16)26-23(28)20(32-24(26)25-13)11-15-4-9-18-19(10-15)31-12-30-18/h4-11,22H,12H2,1-3H3/b20-11+/t22-/m0/s1. The average Bonchev–Trinajstić information content (AvgIpc) is 3.36. The van der Waals surface area contributed by atoms with Gasteiger partial charge in [-0.2, -0.15) is 0 Å². The van der Waals surface area contributed by atoms with E-state index in [4.69, 9.17) is 14.2 Å². The van der Waals surface area contributed by atoms with Gasteiger partial charge in [-0.25, -0.2) is 4.99 Å². The summed E-state index contributed by atoms with van der Waals surface area (Å²) in [7, 11) is 1.60. The number of carbonyl (C=O) groups excluding carboxylic acids is 1. The molecule has 5 rings (SSSR count). The van der Waals surface area contributed by atoms with Crippen LogP contribution >= 0.6 is 11.3 Å². The number of ketones is 1. The summed E-state index contributed by atoms with van der Waals surface area (Å²) in [5, 5.41) is 0. The average molecular weight is 449 g/mol. The summed E-state index contributed by atoms with van der Waals surface area (Å²) in [6.45, 7) is 3.50. The van der Waals surface area contributed by atoms with Crippen molar-refractivity contribution in [3.8, 4) is 17.2 Å². The number of thiazole rings is 1. The van der Waals surface area contributed by atoms with Gasteiger partial charge in [0.25, 0.3) is 5.56 Å². The van der Waals surface area contributed by atoms with Gasteiger partial charge >= 0.3 is 0 Å². The molecule has 2 aliphatic heterocycles. The van der Waals surface area contributed by atoms with Crippen LogP contribution in [-0.2, 0) is 4.79 Å². The third-order valence-corrected chi connectivity index (χ3v) is 6.51. The topological polar surface area (TPSA) is 79.1 Å². The van der Waals surface area contributed by atoms with Gasteiger partial charge in [-0.05, 0) is 55.3 Å². The zero-order chi connectivity index (χ0) is 22.4. The van der Waals surface area contributed by atoms with Crippen molar-refractivity contribution in [1.82, 2.24) is 4.57 Å². The van der Waals surface area contributed by atoms with Crippen LogP contribution in [0.3, 0.4) is 0 Å². The molecule has 162 valence electrons. The Morgan fingerprint density at radius 2 is 1.94 bits per heavy atom. The Balaban J connectivity index is 1.69. The number of ether oxygens (including phenoxy) is 3. The second-order valence-corrected chi connectivity index (χ2v) is 8.53. The molecule has 0 aliphatic carbocycles. The van der Waals surface area contributed by atoms with Crippen molar-refractivity contribution in [2.45, 2.75) is 19.9 Å². The van der Waals surface area contributed by atoms with Crippen LogP contribution in [0.2, 0.25) is 0 Å². The highest BCUT2D eigenvalue weighted by atomic mass is 32.1.